The van der Waals surface area contributed by atoms with E-state index in [4.69, 9.17) is 4.99 Å². The molecule has 0 aromatic carbocycles. The Labute approximate surface area is 149 Å². The van der Waals surface area contributed by atoms with Crippen molar-refractivity contribution in [2.24, 2.45) is 10.4 Å². The number of guanidine groups is 1. The van der Waals surface area contributed by atoms with Crippen LogP contribution < -0.4 is 10.6 Å². The van der Waals surface area contributed by atoms with Gasteiger partial charge in [-0.1, -0.05) is 18.9 Å². The van der Waals surface area contributed by atoms with Crippen LogP contribution in [0.5, 0.6) is 0 Å². The molecule has 2 N–H and O–H groups in total. The Kier molecular flexibility index (Phi) is 6.66. The first kappa shape index (κ1) is 18.8. The van der Waals surface area contributed by atoms with Crippen LogP contribution in [0.3, 0.4) is 0 Å². The summed E-state index contributed by atoms with van der Waals surface area (Å²) in [4.78, 5) is 20.4. The van der Waals surface area contributed by atoms with E-state index in [1.807, 2.05) is 14.1 Å². The number of aliphatic imine (C=N–C) groups is 1. The summed E-state index contributed by atoms with van der Waals surface area (Å²) in [6.45, 7) is 5.55. The van der Waals surface area contributed by atoms with E-state index in [-0.39, 0.29) is 17.4 Å². The molecule has 1 saturated carbocycles. The maximum Gasteiger partial charge on any atom is 0.230 e. The smallest absolute Gasteiger partial charge is 0.230 e. The Bertz CT molecular complexity index is 547. The van der Waals surface area contributed by atoms with Crippen molar-refractivity contribution in [3.63, 3.8) is 0 Å². The average Bonchev–Trinajstić information content (AvgIpc) is 3.24. The molecule has 1 amide bonds. The van der Waals surface area contributed by atoms with Crippen molar-refractivity contribution >= 4 is 23.2 Å². The Morgan fingerprint density at radius 3 is 2.67 bits per heavy atom. The van der Waals surface area contributed by atoms with Gasteiger partial charge in [-0.05, 0) is 38.1 Å². The van der Waals surface area contributed by atoms with Gasteiger partial charge in [-0.15, -0.1) is 11.3 Å². The van der Waals surface area contributed by atoms with Crippen molar-refractivity contribution in [3.05, 3.63) is 22.4 Å². The lowest BCUT2D eigenvalue weighted by Gasteiger charge is -2.29. The minimum Gasteiger partial charge on any atom is -0.357 e. The number of hydrogen-bond donors (Lipinski definition) is 2. The first-order valence-corrected chi connectivity index (χ1v) is 9.66. The molecule has 1 unspecified atom stereocenters. The van der Waals surface area contributed by atoms with Crippen LogP contribution in [0.25, 0.3) is 0 Å². The molecule has 1 aliphatic carbocycles. The second kappa shape index (κ2) is 8.51. The molecule has 1 heterocycles. The lowest BCUT2D eigenvalue weighted by atomic mass is 9.85. The number of hydrogen-bond acceptors (Lipinski definition) is 3. The van der Waals surface area contributed by atoms with Crippen LogP contribution in [0.1, 0.15) is 50.4 Å². The van der Waals surface area contributed by atoms with Crippen LogP contribution in [0.2, 0.25) is 0 Å². The highest BCUT2D eigenvalue weighted by atomic mass is 32.1. The summed E-state index contributed by atoms with van der Waals surface area (Å²) < 4.78 is 0. The standard InChI is InChI=1S/C18H30N4OS/c1-5-19-17(21-14(2)15-9-8-12-24-15)20-13-18(10-6-7-11-18)16(23)22(3)4/h8-9,12,14H,5-7,10-11,13H2,1-4H3,(H2,19,20,21). The molecule has 0 aliphatic heterocycles. The van der Waals surface area contributed by atoms with Gasteiger partial charge in [-0.2, -0.15) is 0 Å². The Morgan fingerprint density at radius 2 is 2.12 bits per heavy atom. The molecule has 6 heteroatoms. The third-order valence-corrected chi connectivity index (χ3v) is 5.68. The zero-order chi connectivity index (χ0) is 17.6. The largest absolute Gasteiger partial charge is 0.357 e. The van der Waals surface area contributed by atoms with E-state index in [2.05, 4.69) is 42.0 Å². The summed E-state index contributed by atoms with van der Waals surface area (Å²) in [7, 11) is 3.68. The molecule has 24 heavy (non-hydrogen) atoms. The maximum atomic E-state index is 12.7. The first-order valence-electron chi connectivity index (χ1n) is 8.78. The van der Waals surface area contributed by atoms with Gasteiger partial charge in [0, 0.05) is 25.5 Å². The van der Waals surface area contributed by atoms with Gasteiger partial charge in [0.1, 0.15) is 0 Å². The zero-order valence-electron chi connectivity index (χ0n) is 15.3. The highest BCUT2D eigenvalue weighted by molar-refractivity contribution is 7.10. The van der Waals surface area contributed by atoms with Crippen LogP contribution in [-0.4, -0.2) is 44.0 Å². The van der Waals surface area contributed by atoms with Crippen LogP contribution in [-0.2, 0) is 4.79 Å². The minimum absolute atomic E-state index is 0.201. The Balaban J connectivity index is 2.09. The second-order valence-electron chi connectivity index (χ2n) is 6.76. The van der Waals surface area contributed by atoms with E-state index >= 15 is 0 Å². The molecule has 1 fully saturated rings. The summed E-state index contributed by atoms with van der Waals surface area (Å²) in [5.74, 6) is 1.00. The predicted molar refractivity (Wildman–Crippen MR) is 101 cm³/mol. The van der Waals surface area contributed by atoms with Gasteiger partial charge in [-0.25, -0.2) is 0 Å². The van der Waals surface area contributed by atoms with Crippen molar-refractivity contribution in [1.29, 1.82) is 0 Å². The van der Waals surface area contributed by atoms with Crippen LogP contribution in [0.15, 0.2) is 22.5 Å². The van der Waals surface area contributed by atoms with E-state index < -0.39 is 0 Å². The monoisotopic (exact) mass is 350 g/mol. The molecule has 1 atom stereocenters. The van der Waals surface area contributed by atoms with Crippen LogP contribution in [0.4, 0.5) is 0 Å². The fourth-order valence-corrected chi connectivity index (χ4v) is 4.06. The van der Waals surface area contributed by atoms with Gasteiger partial charge in [-0.3, -0.25) is 9.79 Å². The lowest BCUT2D eigenvalue weighted by Crippen LogP contribution is -2.43. The van der Waals surface area contributed by atoms with E-state index in [1.54, 1.807) is 16.2 Å². The first-order chi connectivity index (χ1) is 11.5. The van der Waals surface area contributed by atoms with E-state index in [9.17, 15) is 4.79 Å². The molecule has 0 saturated heterocycles. The number of nitrogens with zero attached hydrogens (tertiary/aromatic N) is 2. The fraction of sp³-hybridized carbons (Fsp3) is 0.667. The Morgan fingerprint density at radius 1 is 1.42 bits per heavy atom. The molecule has 1 aliphatic rings. The van der Waals surface area contributed by atoms with Gasteiger partial charge in [0.15, 0.2) is 5.96 Å². The van der Waals surface area contributed by atoms with E-state index in [1.165, 1.54) is 4.88 Å². The Hall–Kier alpha value is -1.56. The summed E-state index contributed by atoms with van der Waals surface area (Å²) in [5, 5.41) is 8.84. The fourth-order valence-electron chi connectivity index (χ4n) is 3.33. The number of carbonyl (C=O) groups excluding carboxylic acids is 1. The third kappa shape index (κ3) is 4.50. The van der Waals surface area contributed by atoms with Crippen molar-refractivity contribution in [2.75, 3.05) is 27.2 Å². The molecule has 0 bridgehead atoms. The topological polar surface area (TPSA) is 56.7 Å². The van der Waals surface area contributed by atoms with E-state index in [0.717, 1.165) is 38.2 Å². The molecular formula is C18H30N4OS. The van der Waals surface area contributed by atoms with Gasteiger partial charge in [0.05, 0.1) is 18.0 Å². The maximum absolute atomic E-state index is 12.7. The SMILES string of the molecule is CCNC(=NCC1(C(=O)N(C)C)CCCC1)NC(C)c1cccs1. The van der Waals surface area contributed by atoms with Gasteiger partial charge in [0.2, 0.25) is 5.91 Å². The third-order valence-electron chi connectivity index (χ3n) is 4.63. The number of thiophene rings is 1. The van der Waals surface area contributed by atoms with Crippen molar-refractivity contribution in [3.8, 4) is 0 Å². The number of carbonyl (C=O) groups is 1. The molecule has 0 radical (unpaired) electrons. The van der Waals surface area contributed by atoms with Crippen LogP contribution in [0, 0.1) is 5.41 Å². The van der Waals surface area contributed by atoms with Crippen molar-refractivity contribution in [2.45, 2.75) is 45.6 Å². The number of rotatable bonds is 6. The summed E-state index contributed by atoms with van der Waals surface area (Å²) in [6.07, 6.45) is 4.11. The minimum atomic E-state index is -0.321. The number of nitrogens with one attached hydrogen (secondary N) is 2. The van der Waals surface area contributed by atoms with Gasteiger partial charge in [0.25, 0.3) is 0 Å². The van der Waals surface area contributed by atoms with Gasteiger partial charge < -0.3 is 15.5 Å². The van der Waals surface area contributed by atoms with Crippen molar-refractivity contribution in [1.82, 2.24) is 15.5 Å². The number of amides is 1. The molecule has 2 rings (SSSR count). The predicted octanol–water partition coefficient (Wildman–Crippen LogP) is 3.01. The zero-order valence-corrected chi connectivity index (χ0v) is 16.1. The summed E-state index contributed by atoms with van der Waals surface area (Å²) in [5.41, 5.74) is -0.321. The van der Waals surface area contributed by atoms with Gasteiger partial charge >= 0.3 is 0 Å². The molecule has 1 aromatic heterocycles. The summed E-state index contributed by atoms with van der Waals surface area (Å²) >= 11 is 1.74. The van der Waals surface area contributed by atoms with Crippen LogP contribution >= 0.6 is 11.3 Å². The highest BCUT2D eigenvalue weighted by Crippen LogP contribution is 2.39. The van der Waals surface area contributed by atoms with Crippen molar-refractivity contribution < 1.29 is 4.79 Å². The molecule has 0 spiro atoms. The van der Waals surface area contributed by atoms with E-state index in [0.29, 0.717) is 6.54 Å². The lowest BCUT2D eigenvalue weighted by molar-refractivity contribution is -0.138. The average molecular weight is 351 g/mol. The highest BCUT2D eigenvalue weighted by Gasteiger charge is 2.42. The quantitative estimate of drug-likeness (QED) is 0.612. The summed E-state index contributed by atoms with van der Waals surface area (Å²) in [6, 6.07) is 4.39. The second-order valence-corrected chi connectivity index (χ2v) is 7.74. The normalized spacial score (nSPS) is 18.2. The molecular weight excluding hydrogens is 320 g/mol. The molecule has 5 nitrogen and oxygen atoms in total. The molecule has 1 aromatic rings. The molecule has 134 valence electrons.